The van der Waals surface area contributed by atoms with Crippen LogP contribution in [-0.4, -0.2) is 40.3 Å². The zero-order chi connectivity index (χ0) is 13.0. The van der Waals surface area contributed by atoms with Gasteiger partial charge in [0.1, 0.15) is 0 Å². The molecular formula is C13H16N4O. The summed E-state index contributed by atoms with van der Waals surface area (Å²) in [5.41, 5.74) is 2.78. The Morgan fingerprint density at radius 1 is 1.22 bits per heavy atom. The molecule has 0 aromatic carbocycles. The lowest BCUT2D eigenvalue weighted by Crippen LogP contribution is -2.23. The summed E-state index contributed by atoms with van der Waals surface area (Å²) >= 11 is 0. The summed E-state index contributed by atoms with van der Waals surface area (Å²) in [6.45, 7) is 2.54. The van der Waals surface area contributed by atoms with Gasteiger partial charge in [0.25, 0.3) is 0 Å². The molecule has 0 saturated heterocycles. The van der Waals surface area contributed by atoms with Crippen molar-refractivity contribution >= 4 is 5.95 Å². The third-order valence-corrected chi connectivity index (χ3v) is 2.70. The first-order valence-corrected chi connectivity index (χ1v) is 5.79. The van der Waals surface area contributed by atoms with E-state index in [4.69, 9.17) is 5.11 Å². The van der Waals surface area contributed by atoms with E-state index in [1.807, 2.05) is 37.1 Å². The van der Waals surface area contributed by atoms with E-state index in [1.54, 1.807) is 12.4 Å². The van der Waals surface area contributed by atoms with Crippen LogP contribution in [0, 0.1) is 6.92 Å². The van der Waals surface area contributed by atoms with E-state index in [1.165, 1.54) is 0 Å². The van der Waals surface area contributed by atoms with Crippen LogP contribution in [0.3, 0.4) is 0 Å². The number of aryl methyl sites for hydroxylation is 1. The molecule has 18 heavy (non-hydrogen) atoms. The van der Waals surface area contributed by atoms with Gasteiger partial charge in [0.2, 0.25) is 5.95 Å². The van der Waals surface area contributed by atoms with Gasteiger partial charge in [-0.05, 0) is 25.1 Å². The molecule has 0 spiro atoms. The molecule has 0 aliphatic rings. The van der Waals surface area contributed by atoms with Crippen LogP contribution in [0.2, 0.25) is 0 Å². The molecule has 5 heteroatoms. The first-order valence-electron chi connectivity index (χ1n) is 5.79. The lowest BCUT2D eigenvalue weighted by Gasteiger charge is -2.16. The molecule has 0 amide bonds. The number of aliphatic hydroxyl groups excluding tert-OH is 1. The Bertz CT molecular complexity index is 530. The van der Waals surface area contributed by atoms with Gasteiger partial charge >= 0.3 is 0 Å². The Hall–Kier alpha value is -2.01. The number of hydrogen-bond acceptors (Lipinski definition) is 5. The van der Waals surface area contributed by atoms with E-state index in [0.717, 1.165) is 17.0 Å². The third kappa shape index (κ3) is 2.62. The van der Waals surface area contributed by atoms with Crippen LogP contribution >= 0.6 is 0 Å². The Morgan fingerprint density at radius 2 is 2.06 bits per heavy atom. The van der Waals surface area contributed by atoms with Gasteiger partial charge in [-0.3, -0.25) is 4.98 Å². The molecule has 0 fully saturated rings. The summed E-state index contributed by atoms with van der Waals surface area (Å²) in [6.07, 6.45) is 3.48. The first-order chi connectivity index (χ1) is 8.72. The fraction of sp³-hybridized carbons (Fsp3) is 0.308. The molecule has 0 unspecified atom stereocenters. The summed E-state index contributed by atoms with van der Waals surface area (Å²) in [5.74, 6) is 0.602. The zero-order valence-corrected chi connectivity index (χ0v) is 10.5. The predicted molar refractivity (Wildman–Crippen MR) is 70.4 cm³/mol. The first kappa shape index (κ1) is 12.4. The monoisotopic (exact) mass is 244 g/mol. The lowest BCUT2D eigenvalue weighted by molar-refractivity contribution is 0.303. The highest BCUT2D eigenvalue weighted by Crippen LogP contribution is 2.20. The van der Waals surface area contributed by atoms with Crippen LogP contribution in [0.15, 0.2) is 30.6 Å². The van der Waals surface area contributed by atoms with Gasteiger partial charge in [-0.15, -0.1) is 0 Å². The topological polar surface area (TPSA) is 62.1 Å². The van der Waals surface area contributed by atoms with E-state index in [2.05, 4.69) is 15.0 Å². The van der Waals surface area contributed by atoms with Crippen molar-refractivity contribution < 1.29 is 5.11 Å². The predicted octanol–water partition coefficient (Wildman–Crippen LogP) is 1.28. The average Bonchev–Trinajstić information content (AvgIpc) is 2.40. The molecular weight excluding hydrogens is 228 g/mol. The average molecular weight is 244 g/mol. The molecule has 2 heterocycles. The number of aliphatic hydroxyl groups is 1. The van der Waals surface area contributed by atoms with E-state index >= 15 is 0 Å². The van der Waals surface area contributed by atoms with E-state index < -0.39 is 0 Å². The number of pyridine rings is 1. The van der Waals surface area contributed by atoms with Gasteiger partial charge in [-0.1, -0.05) is 0 Å². The molecule has 0 bridgehead atoms. The highest BCUT2D eigenvalue weighted by molar-refractivity contribution is 5.62. The van der Waals surface area contributed by atoms with E-state index in [9.17, 15) is 0 Å². The smallest absolute Gasteiger partial charge is 0.225 e. The van der Waals surface area contributed by atoms with Gasteiger partial charge in [0, 0.05) is 37.2 Å². The zero-order valence-electron chi connectivity index (χ0n) is 10.5. The SMILES string of the molecule is Cc1ncccc1-c1ccnc(N(C)CCO)n1. The summed E-state index contributed by atoms with van der Waals surface area (Å²) in [6, 6.07) is 5.74. The minimum absolute atomic E-state index is 0.0794. The molecule has 0 atom stereocenters. The van der Waals surface area contributed by atoms with Crippen molar-refractivity contribution in [1.82, 2.24) is 15.0 Å². The quantitative estimate of drug-likeness (QED) is 0.877. The number of rotatable bonds is 4. The maximum absolute atomic E-state index is 8.92. The Labute approximate surface area is 106 Å². The molecule has 94 valence electrons. The van der Waals surface area contributed by atoms with Crippen LogP contribution in [0.5, 0.6) is 0 Å². The fourth-order valence-electron chi connectivity index (χ4n) is 1.69. The standard InChI is InChI=1S/C13H16N4O/c1-10-11(4-3-6-14-10)12-5-7-15-13(16-12)17(2)8-9-18/h3-7,18H,8-9H2,1-2H3. The summed E-state index contributed by atoms with van der Waals surface area (Å²) in [7, 11) is 1.85. The molecule has 0 aliphatic heterocycles. The minimum atomic E-state index is 0.0794. The number of nitrogens with zero attached hydrogens (tertiary/aromatic N) is 4. The number of anilines is 1. The van der Waals surface area contributed by atoms with Crippen molar-refractivity contribution in [2.75, 3.05) is 25.1 Å². The maximum Gasteiger partial charge on any atom is 0.225 e. The van der Waals surface area contributed by atoms with Gasteiger partial charge in [-0.25, -0.2) is 9.97 Å². The van der Waals surface area contributed by atoms with Crippen molar-refractivity contribution in [3.63, 3.8) is 0 Å². The molecule has 2 rings (SSSR count). The van der Waals surface area contributed by atoms with Crippen molar-refractivity contribution in [3.05, 3.63) is 36.3 Å². The normalized spacial score (nSPS) is 10.4. The second-order valence-electron chi connectivity index (χ2n) is 4.02. The summed E-state index contributed by atoms with van der Waals surface area (Å²) < 4.78 is 0. The summed E-state index contributed by atoms with van der Waals surface area (Å²) in [4.78, 5) is 14.7. The highest BCUT2D eigenvalue weighted by Gasteiger charge is 2.08. The Kier molecular flexibility index (Phi) is 3.84. The second kappa shape index (κ2) is 5.55. The number of aromatic nitrogens is 3. The van der Waals surface area contributed by atoms with Crippen molar-refractivity contribution in [3.8, 4) is 11.3 Å². The fourth-order valence-corrected chi connectivity index (χ4v) is 1.69. The van der Waals surface area contributed by atoms with Gasteiger partial charge in [0.15, 0.2) is 0 Å². The van der Waals surface area contributed by atoms with Crippen LogP contribution in [0.1, 0.15) is 5.69 Å². The van der Waals surface area contributed by atoms with Crippen LogP contribution < -0.4 is 4.90 Å². The van der Waals surface area contributed by atoms with Gasteiger partial charge in [0.05, 0.1) is 12.3 Å². The van der Waals surface area contributed by atoms with E-state index in [-0.39, 0.29) is 6.61 Å². The number of hydrogen-bond donors (Lipinski definition) is 1. The highest BCUT2D eigenvalue weighted by atomic mass is 16.3. The van der Waals surface area contributed by atoms with Crippen molar-refractivity contribution in [2.24, 2.45) is 0 Å². The van der Waals surface area contributed by atoms with E-state index in [0.29, 0.717) is 12.5 Å². The molecule has 2 aromatic rings. The molecule has 0 saturated carbocycles. The van der Waals surface area contributed by atoms with Gasteiger partial charge < -0.3 is 10.0 Å². The largest absolute Gasteiger partial charge is 0.395 e. The minimum Gasteiger partial charge on any atom is -0.395 e. The van der Waals surface area contributed by atoms with Crippen molar-refractivity contribution in [1.29, 1.82) is 0 Å². The van der Waals surface area contributed by atoms with Gasteiger partial charge in [-0.2, -0.15) is 0 Å². The van der Waals surface area contributed by atoms with Crippen LogP contribution in [0.4, 0.5) is 5.95 Å². The van der Waals surface area contributed by atoms with Crippen molar-refractivity contribution in [2.45, 2.75) is 6.92 Å². The molecule has 0 aliphatic carbocycles. The Balaban J connectivity index is 2.36. The van der Waals surface area contributed by atoms with Crippen LogP contribution in [-0.2, 0) is 0 Å². The Morgan fingerprint density at radius 3 is 2.78 bits per heavy atom. The lowest BCUT2D eigenvalue weighted by atomic mass is 10.1. The molecule has 2 aromatic heterocycles. The van der Waals surface area contributed by atoms with Crippen LogP contribution in [0.25, 0.3) is 11.3 Å². The second-order valence-corrected chi connectivity index (χ2v) is 4.02. The molecule has 5 nitrogen and oxygen atoms in total. The maximum atomic E-state index is 8.92. The summed E-state index contributed by atoms with van der Waals surface area (Å²) in [5, 5.41) is 8.92. The number of likely N-dealkylation sites (N-methyl/N-ethyl adjacent to an activating group) is 1. The third-order valence-electron chi connectivity index (χ3n) is 2.70. The molecule has 0 radical (unpaired) electrons. The molecule has 1 N–H and O–H groups in total.